The van der Waals surface area contributed by atoms with Crippen molar-refractivity contribution in [3.63, 3.8) is 0 Å². The van der Waals surface area contributed by atoms with E-state index in [1.54, 1.807) is 6.07 Å². The lowest BCUT2D eigenvalue weighted by molar-refractivity contribution is 0.0976. The lowest BCUT2D eigenvalue weighted by Gasteiger charge is -2.12. The van der Waals surface area contributed by atoms with E-state index in [1.165, 1.54) is 18.2 Å². The van der Waals surface area contributed by atoms with Crippen LogP contribution in [0.2, 0.25) is 0 Å². The van der Waals surface area contributed by atoms with Crippen LogP contribution < -0.4 is 10.6 Å². The Balaban J connectivity index is 1.86. The second kappa shape index (κ2) is 9.67. The standard InChI is InChI=1S/C22H23BrFN5O/c1-4-29-15(3)20(14(2)28-29)13-25-22(26-19-10-8-17(23)9-11-19)27-21(30)16-6-5-7-18(24)12-16/h5-12H,4,13H2,1-3H3,(H2,25,26,27,30). The summed E-state index contributed by atoms with van der Waals surface area (Å²) < 4.78 is 16.4. The number of nitrogens with one attached hydrogen (secondary N) is 2. The summed E-state index contributed by atoms with van der Waals surface area (Å²) in [6.07, 6.45) is 0. The number of guanidine groups is 1. The minimum absolute atomic E-state index is 0.214. The van der Waals surface area contributed by atoms with Crippen LogP contribution in [-0.4, -0.2) is 21.6 Å². The fourth-order valence-electron chi connectivity index (χ4n) is 3.02. The van der Waals surface area contributed by atoms with E-state index >= 15 is 0 Å². The van der Waals surface area contributed by atoms with E-state index in [9.17, 15) is 9.18 Å². The summed E-state index contributed by atoms with van der Waals surface area (Å²) in [5, 5.41) is 10.4. The molecule has 0 saturated carbocycles. The van der Waals surface area contributed by atoms with Crippen molar-refractivity contribution in [2.75, 3.05) is 5.32 Å². The van der Waals surface area contributed by atoms with Crippen molar-refractivity contribution in [2.45, 2.75) is 33.9 Å². The van der Waals surface area contributed by atoms with E-state index in [1.807, 2.05) is 49.7 Å². The van der Waals surface area contributed by atoms with Crippen molar-refractivity contribution in [3.8, 4) is 0 Å². The average Bonchev–Trinajstić information content (AvgIpc) is 3.00. The van der Waals surface area contributed by atoms with Crippen molar-refractivity contribution in [1.82, 2.24) is 15.1 Å². The predicted octanol–water partition coefficient (Wildman–Crippen LogP) is 4.82. The summed E-state index contributed by atoms with van der Waals surface area (Å²) >= 11 is 3.40. The third kappa shape index (κ3) is 5.33. The van der Waals surface area contributed by atoms with Crippen LogP contribution in [0.4, 0.5) is 10.1 Å². The number of carbonyl (C=O) groups excluding carboxylic acids is 1. The third-order valence-corrected chi connectivity index (χ3v) is 5.18. The van der Waals surface area contributed by atoms with Crippen LogP contribution in [0.5, 0.6) is 0 Å². The van der Waals surface area contributed by atoms with Crippen LogP contribution in [0, 0.1) is 19.7 Å². The zero-order valence-corrected chi connectivity index (χ0v) is 18.6. The first-order valence-electron chi connectivity index (χ1n) is 9.54. The Morgan fingerprint density at radius 3 is 2.57 bits per heavy atom. The summed E-state index contributed by atoms with van der Waals surface area (Å²) in [6, 6.07) is 13.0. The topological polar surface area (TPSA) is 71.3 Å². The molecule has 30 heavy (non-hydrogen) atoms. The Labute approximate surface area is 183 Å². The molecule has 0 spiro atoms. The van der Waals surface area contributed by atoms with Crippen molar-refractivity contribution in [3.05, 3.63) is 81.3 Å². The average molecular weight is 472 g/mol. The molecule has 0 aliphatic carbocycles. The second-order valence-electron chi connectivity index (χ2n) is 6.73. The Kier molecular flexibility index (Phi) is 6.99. The van der Waals surface area contributed by atoms with Crippen molar-refractivity contribution >= 4 is 33.5 Å². The van der Waals surface area contributed by atoms with Crippen LogP contribution in [-0.2, 0) is 13.1 Å². The van der Waals surface area contributed by atoms with E-state index < -0.39 is 11.7 Å². The molecule has 3 rings (SSSR count). The van der Waals surface area contributed by atoms with Gasteiger partial charge in [0, 0.05) is 33.5 Å². The van der Waals surface area contributed by atoms with Gasteiger partial charge >= 0.3 is 0 Å². The summed E-state index contributed by atoms with van der Waals surface area (Å²) in [4.78, 5) is 17.2. The normalized spacial score (nSPS) is 11.4. The van der Waals surface area contributed by atoms with Gasteiger partial charge in [-0.15, -0.1) is 0 Å². The maximum Gasteiger partial charge on any atom is 0.258 e. The number of halogens is 2. The number of aryl methyl sites for hydroxylation is 2. The van der Waals surface area contributed by atoms with Crippen LogP contribution in [0.1, 0.15) is 34.2 Å². The lowest BCUT2D eigenvalue weighted by atomic mass is 10.2. The van der Waals surface area contributed by atoms with Gasteiger partial charge in [-0.3, -0.25) is 14.8 Å². The molecule has 0 aliphatic rings. The number of amides is 1. The molecule has 6 nitrogen and oxygen atoms in total. The molecule has 0 bridgehead atoms. The highest BCUT2D eigenvalue weighted by Crippen LogP contribution is 2.16. The second-order valence-corrected chi connectivity index (χ2v) is 7.64. The van der Waals surface area contributed by atoms with E-state index in [4.69, 9.17) is 0 Å². The fourth-order valence-corrected chi connectivity index (χ4v) is 3.28. The van der Waals surface area contributed by atoms with Crippen LogP contribution in [0.25, 0.3) is 0 Å². The molecule has 2 N–H and O–H groups in total. The maximum atomic E-state index is 13.5. The first kappa shape index (κ1) is 21.7. The molecule has 0 unspecified atom stereocenters. The van der Waals surface area contributed by atoms with Gasteiger partial charge < -0.3 is 5.32 Å². The number of benzene rings is 2. The van der Waals surface area contributed by atoms with E-state index in [0.29, 0.717) is 6.54 Å². The summed E-state index contributed by atoms with van der Waals surface area (Å²) in [7, 11) is 0. The molecule has 0 aliphatic heterocycles. The maximum absolute atomic E-state index is 13.5. The van der Waals surface area contributed by atoms with Crippen molar-refractivity contribution in [2.24, 2.45) is 4.99 Å². The Hall–Kier alpha value is -3.00. The highest BCUT2D eigenvalue weighted by Gasteiger charge is 2.13. The van der Waals surface area contributed by atoms with Gasteiger partial charge in [0.05, 0.1) is 12.2 Å². The number of rotatable bonds is 5. The highest BCUT2D eigenvalue weighted by atomic mass is 79.9. The van der Waals surface area contributed by atoms with Crippen LogP contribution >= 0.6 is 15.9 Å². The van der Waals surface area contributed by atoms with Crippen molar-refractivity contribution < 1.29 is 9.18 Å². The Morgan fingerprint density at radius 1 is 1.20 bits per heavy atom. The molecule has 3 aromatic rings. The number of anilines is 1. The van der Waals surface area contributed by atoms with Crippen LogP contribution in [0.15, 0.2) is 58.0 Å². The van der Waals surface area contributed by atoms with Crippen LogP contribution in [0.3, 0.4) is 0 Å². The van der Waals surface area contributed by atoms with Gasteiger partial charge in [0.1, 0.15) is 5.82 Å². The molecule has 0 fully saturated rings. The predicted molar refractivity (Wildman–Crippen MR) is 120 cm³/mol. The van der Waals surface area contributed by atoms with E-state index in [2.05, 4.69) is 36.7 Å². The van der Waals surface area contributed by atoms with Gasteiger partial charge in [-0.05, 0) is 63.2 Å². The summed E-state index contributed by atoms with van der Waals surface area (Å²) in [5.74, 6) is -0.648. The molecular formula is C22H23BrFN5O. The van der Waals surface area contributed by atoms with Crippen molar-refractivity contribution in [1.29, 1.82) is 0 Å². The number of hydrogen-bond acceptors (Lipinski definition) is 3. The summed E-state index contributed by atoms with van der Waals surface area (Å²) in [5.41, 5.74) is 3.92. The molecule has 2 aromatic carbocycles. The number of hydrogen-bond donors (Lipinski definition) is 2. The largest absolute Gasteiger partial charge is 0.326 e. The number of aromatic nitrogens is 2. The number of nitrogens with zero attached hydrogens (tertiary/aromatic N) is 3. The molecule has 156 valence electrons. The first-order valence-corrected chi connectivity index (χ1v) is 10.3. The highest BCUT2D eigenvalue weighted by molar-refractivity contribution is 9.10. The molecule has 0 saturated heterocycles. The minimum Gasteiger partial charge on any atom is -0.326 e. The monoisotopic (exact) mass is 471 g/mol. The van der Waals surface area contributed by atoms with E-state index in [0.717, 1.165) is 33.7 Å². The molecular weight excluding hydrogens is 449 g/mol. The van der Waals surface area contributed by atoms with Gasteiger partial charge in [0.15, 0.2) is 0 Å². The van der Waals surface area contributed by atoms with Gasteiger partial charge in [-0.1, -0.05) is 22.0 Å². The Morgan fingerprint density at radius 2 is 1.93 bits per heavy atom. The van der Waals surface area contributed by atoms with Gasteiger partial charge in [0.25, 0.3) is 5.91 Å². The van der Waals surface area contributed by atoms with E-state index in [-0.39, 0.29) is 11.5 Å². The smallest absolute Gasteiger partial charge is 0.258 e. The summed E-state index contributed by atoms with van der Waals surface area (Å²) in [6.45, 7) is 7.10. The molecule has 1 aromatic heterocycles. The molecule has 1 amide bonds. The zero-order chi connectivity index (χ0) is 21.7. The third-order valence-electron chi connectivity index (χ3n) is 4.65. The van der Waals surface area contributed by atoms with Gasteiger partial charge in [-0.2, -0.15) is 5.10 Å². The molecule has 0 atom stereocenters. The zero-order valence-electron chi connectivity index (χ0n) is 17.0. The Bertz CT molecular complexity index is 1080. The minimum atomic E-state index is -0.472. The molecule has 1 heterocycles. The first-order chi connectivity index (χ1) is 14.4. The number of carbonyl (C=O) groups is 1. The quantitative estimate of drug-likeness (QED) is 0.413. The molecule has 8 heteroatoms. The fraction of sp³-hybridized carbons (Fsp3) is 0.227. The van der Waals surface area contributed by atoms with Gasteiger partial charge in [0.2, 0.25) is 5.96 Å². The molecule has 0 radical (unpaired) electrons. The van der Waals surface area contributed by atoms with Gasteiger partial charge in [-0.25, -0.2) is 9.38 Å². The number of aliphatic imine (C=N–C) groups is 1. The lowest BCUT2D eigenvalue weighted by Crippen LogP contribution is -2.36. The SMILES string of the molecule is CCn1nc(C)c(CN=C(NC(=O)c2cccc(F)c2)Nc2ccc(Br)cc2)c1C.